The highest BCUT2D eigenvalue weighted by atomic mass is 32.2. The van der Waals surface area contributed by atoms with Gasteiger partial charge in [-0.3, -0.25) is 24.6 Å². The second-order valence-corrected chi connectivity index (χ2v) is 9.81. The zero-order valence-corrected chi connectivity index (χ0v) is 19.8. The van der Waals surface area contributed by atoms with Crippen LogP contribution in [0.25, 0.3) is 0 Å². The average Bonchev–Trinajstić information content (AvgIpc) is 3.36. The van der Waals surface area contributed by atoms with Crippen molar-refractivity contribution in [3.8, 4) is 0 Å². The maximum absolute atomic E-state index is 12.9. The molecule has 0 unspecified atom stereocenters. The summed E-state index contributed by atoms with van der Waals surface area (Å²) >= 11 is 7.05. The van der Waals surface area contributed by atoms with Crippen molar-refractivity contribution in [2.75, 3.05) is 13.1 Å². The number of nitro benzene ring substituents is 1. The topological polar surface area (TPSA) is 113 Å². The van der Waals surface area contributed by atoms with E-state index in [1.54, 1.807) is 17.0 Å². The fraction of sp³-hybridized carbons (Fsp3) is 0.500. The Kier molecular flexibility index (Phi) is 7.01. The van der Waals surface area contributed by atoms with Crippen LogP contribution in [0.3, 0.4) is 0 Å². The SMILES string of the molecule is CC[C@H](O)[C@@H]1C(=O)N2C(C(=S)OCc3ccc([N+](=O)[O-])cc3)=C(CCN3CCCC3=O)S[C@H]12. The van der Waals surface area contributed by atoms with Crippen molar-refractivity contribution in [3.05, 3.63) is 50.5 Å². The highest BCUT2D eigenvalue weighted by Gasteiger charge is 2.57. The van der Waals surface area contributed by atoms with Gasteiger partial charge in [0.1, 0.15) is 17.7 Å². The van der Waals surface area contributed by atoms with Crippen LogP contribution >= 0.6 is 24.0 Å². The number of likely N-dealkylation sites (tertiary alicyclic amines) is 1. The van der Waals surface area contributed by atoms with E-state index in [1.807, 2.05) is 11.8 Å². The van der Waals surface area contributed by atoms with Crippen LogP contribution in [0.1, 0.15) is 38.2 Å². The van der Waals surface area contributed by atoms with E-state index in [1.165, 1.54) is 23.9 Å². The quantitative estimate of drug-likeness (QED) is 0.243. The minimum absolute atomic E-state index is 0.00971. The molecule has 1 aromatic carbocycles. The summed E-state index contributed by atoms with van der Waals surface area (Å²) in [4.78, 5) is 39.5. The van der Waals surface area contributed by atoms with Crippen LogP contribution in [0.15, 0.2) is 34.9 Å². The lowest BCUT2D eigenvalue weighted by molar-refractivity contribution is -0.384. The van der Waals surface area contributed by atoms with Gasteiger partial charge in [0, 0.05) is 36.5 Å². The molecule has 3 aliphatic heterocycles. The van der Waals surface area contributed by atoms with Gasteiger partial charge in [0.05, 0.1) is 16.9 Å². The molecule has 33 heavy (non-hydrogen) atoms. The first-order chi connectivity index (χ1) is 15.8. The number of nitro groups is 1. The van der Waals surface area contributed by atoms with Gasteiger partial charge in [-0.05, 0) is 49.2 Å². The van der Waals surface area contributed by atoms with Crippen LogP contribution in [-0.2, 0) is 20.9 Å². The van der Waals surface area contributed by atoms with E-state index in [-0.39, 0.29) is 34.5 Å². The fourth-order valence-electron chi connectivity index (χ4n) is 4.29. The highest BCUT2D eigenvalue weighted by molar-refractivity contribution is 8.04. The van der Waals surface area contributed by atoms with Gasteiger partial charge in [-0.15, -0.1) is 11.8 Å². The molecule has 0 saturated carbocycles. The van der Waals surface area contributed by atoms with Crippen molar-refractivity contribution in [1.82, 2.24) is 9.80 Å². The Morgan fingerprint density at radius 2 is 2.09 bits per heavy atom. The number of aliphatic hydroxyl groups excluding tert-OH is 1. The van der Waals surface area contributed by atoms with Crippen LogP contribution in [-0.4, -0.2) is 61.3 Å². The number of ether oxygens (including phenoxy) is 1. The molecule has 0 aromatic heterocycles. The Labute approximate surface area is 200 Å². The number of non-ortho nitro benzene ring substituents is 1. The minimum Gasteiger partial charge on any atom is -0.477 e. The smallest absolute Gasteiger partial charge is 0.269 e. The van der Waals surface area contributed by atoms with Gasteiger partial charge >= 0.3 is 0 Å². The number of hydrogen-bond acceptors (Lipinski definition) is 8. The molecule has 0 aliphatic carbocycles. The van der Waals surface area contributed by atoms with E-state index in [0.717, 1.165) is 17.9 Å². The van der Waals surface area contributed by atoms with Crippen molar-refractivity contribution in [2.24, 2.45) is 5.92 Å². The van der Waals surface area contributed by atoms with Crippen LogP contribution in [0.2, 0.25) is 0 Å². The molecule has 176 valence electrons. The summed E-state index contributed by atoms with van der Waals surface area (Å²) in [6, 6.07) is 6.00. The molecule has 2 saturated heterocycles. The summed E-state index contributed by atoms with van der Waals surface area (Å²) in [6.07, 6.45) is 1.74. The third-order valence-electron chi connectivity index (χ3n) is 6.18. The molecule has 0 radical (unpaired) electrons. The standard InChI is InChI=1S/C22H25N3O6S2/c1-2-15(26)18-20(28)24-19(16(33-21(18)24)9-11-23-10-3-4-17(23)27)22(32)31-12-13-5-7-14(8-6-13)25(29)30/h5-8,15,18,21,26H,2-4,9-12H2,1H3/t15-,18+,21+/m0/s1. The third kappa shape index (κ3) is 4.62. The molecule has 0 bridgehead atoms. The second kappa shape index (κ2) is 9.78. The van der Waals surface area contributed by atoms with Crippen molar-refractivity contribution >= 4 is 46.5 Å². The number of thiocarbonyl (C=S) groups is 1. The van der Waals surface area contributed by atoms with Gasteiger partial charge in [0.2, 0.25) is 16.9 Å². The summed E-state index contributed by atoms with van der Waals surface area (Å²) in [5.41, 5.74) is 1.24. The molecule has 3 aliphatic rings. The zero-order valence-electron chi connectivity index (χ0n) is 18.1. The van der Waals surface area contributed by atoms with E-state index >= 15 is 0 Å². The Morgan fingerprint density at radius 1 is 1.36 bits per heavy atom. The van der Waals surface area contributed by atoms with Gasteiger partial charge in [0.15, 0.2) is 0 Å². The number of amides is 2. The van der Waals surface area contributed by atoms with Crippen molar-refractivity contribution in [3.63, 3.8) is 0 Å². The van der Waals surface area contributed by atoms with Crippen LogP contribution in [0.4, 0.5) is 5.69 Å². The van der Waals surface area contributed by atoms with E-state index in [0.29, 0.717) is 37.1 Å². The number of hydrogen-bond donors (Lipinski definition) is 1. The largest absolute Gasteiger partial charge is 0.477 e. The molecule has 1 aromatic rings. The lowest BCUT2D eigenvalue weighted by atomic mass is 9.90. The van der Waals surface area contributed by atoms with Crippen LogP contribution in [0.5, 0.6) is 0 Å². The van der Waals surface area contributed by atoms with Crippen molar-refractivity contribution < 1.29 is 24.4 Å². The molecule has 9 nitrogen and oxygen atoms in total. The molecule has 3 atom stereocenters. The number of rotatable bonds is 9. The first-order valence-electron chi connectivity index (χ1n) is 10.9. The Bertz CT molecular complexity index is 1010. The minimum atomic E-state index is -0.721. The number of carbonyl (C=O) groups is 2. The molecular formula is C22H25N3O6S2. The van der Waals surface area contributed by atoms with E-state index in [9.17, 15) is 24.8 Å². The molecule has 4 rings (SSSR count). The lowest BCUT2D eigenvalue weighted by Gasteiger charge is -2.44. The van der Waals surface area contributed by atoms with Crippen LogP contribution in [0, 0.1) is 16.0 Å². The molecule has 3 heterocycles. The van der Waals surface area contributed by atoms with Crippen molar-refractivity contribution in [2.45, 2.75) is 50.7 Å². The zero-order chi connectivity index (χ0) is 23.7. The second-order valence-electron chi connectivity index (χ2n) is 8.22. The Morgan fingerprint density at radius 3 is 2.70 bits per heavy atom. The first kappa shape index (κ1) is 23.7. The Hall–Kier alpha value is -2.50. The molecule has 0 spiro atoms. The number of nitrogens with zero attached hydrogens (tertiary/aromatic N) is 3. The highest BCUT2D eigenvalue weighted by Crippen LogP contribution is 2.52. The Balaban J connectivity index is 1.48. The summed E-state index contributed by atoms with van der Waals surface area (Å²) in [5, 5.41) is 21.1. The molecule has 1 N–H and O–H groups in total. The average molecular weight is 492 g/mol. The van der Waals surface area contributed by atoms with Gasteiger partial charge in [-0.25, -0.2) is 0 Å². The van der Waals surface area contributed by atoms with Gasteiger partial charge in [-0.1, -0.05) is 6.92 Å². The fourth-order valence-corrected chi connectivity index (χ4v) is 6.20. The number of aliphatic hydroxyl groups is 1. The number of benzene rings is 1. The molecule has 2 amide bonds. The summed E-state index contributed by atoms with van der Waals surface area (Å²) in [7, 11) is 0. The predicted molar refractivity (Wildman–Crippen MR) is 126 cm³/mol. The van der Waals surface area contributed by atoms with E-state index in [2.05, 4.69) is 0 Å². The third-order valence-corrected chi connectivity index (χ3v) is 7.91. The van der Waals surface area contributed by atoms with Gasteiger partial charge in [0.25, 0.3) is 5.69 Å². The molecule has 11 heteroatoms. The van der Waals surface area contributed by atoms with Gasteiger partial charge < -0.3 is 14.7 Å². The maximum atomic E-state index is 12.9. The number of thioether (sulfide) groups is 1. The molecular weight excluding hydrogens is 466 g/mol. The monoisotopic (exact) mass is 491 g/mol. The van der Waals surface area contributed by atoms with Gasteiger partial charge in [-0.2, -0.15) is 0 Å². The maximum Gasteiger partial charge on any atom is 0.269 e. The van der Waals surface area contributed by atoms with E-state index in [4.69, 9.17) is 17.0 Å². The normalized spacial score (nSPS) is 23.0. The van der Waals surface area contributed by atoms with Crippen LogP contribution < -0.4 is 0 Å². The summed E-state index contributed by atoms with van der Waals surface area (Å²) in [6.45, 7) is 3.23. The summed E-state index contributed by atoms with van der Waals surface area (Å²) in [5.74, 6) is -0.528. The predicted octanol–water partition coefficient (Wildman–Crippen LogP) is 2.97. The van der Waals surface area contributed by atoms with E-state index < -0.39 is 16.9 Å². The summed E-state index contributed by atoms with van der Waals surface area (Å²) < 4.78 is 5.81. The van der Waals surface area contributed by atoms with Crippen molar-refractivity contribution in [1.29, 1.82) is 0 Å². The molecule has 2 fully saturated rings. The first-order valence-corrected chi connectivity index (χ1v) is 12.2. The number of fused-ring (bicyclic) bond motifs is 1. The number of carbonyl (C=O) groups excluding carboxylic acids is 2. The lowest BCUT2D eigenvalue weighted by Crippen LogP contribution is -2.61. The number of β-lactam (4-membered cyclic amide) rings is 1.